The molecule has 4 heterocycles. The molecule has 2 aliphatic heterocycles. The van der Waals surface area contributed by atoms with Crippen LogP contribution in [0.5, 0.6) is 0 Å². The first kappa shape index (κ1) is 21.0. The number of H-pyrrole nitrogens is 1. The van der Waals surface area contributed by atoms with Crippen LogP contribution < -0.4 is 10.9 Å². The summed E-state index contributed by atoms with van der Waals surface area (Å²) in [6.07, 6.45) is 3.99. The number of hydrogen-bond donors (Lipinski definition) is 3. The average Bonchev–Trinajstić information content (AvgIpc) is 3.46. The molecule has 1 spiro atoms. The van der Waals surface area contributed by atoms with Crippen LogP contribution in [0.25, 0.3) is 0 Å². The first-order valence-electron chi connectivity index (χ1n) is 9.76. The van der Waals surface area contributed by atoms with Gasteiger partial charge in [-0.1, -0.05) is 18.2 Å². The molecule has 1 saturated heterocycles. The molecule has 2 amide bonds. The molecule has 3 N–H and O–H groups in total. The molecule has 1 fully saturated rings. The SMILES string of the molecule is Cn1cc(C2N(C(=O)c3ccc(=O)[nH]n3)CCC23C(=O)Nc2ccccc23)cn1.O=CO. The van der Waals surface area contributed by atoms with Gasteiger partial charge in [-0.3, -0.25) is 23.9 Å². The number of rotatable bonds is 2. The summed E-state index contributed by atoms with van der Waals surface area (Å²) in [6.45, 7) is 0.126. The lowest BCUT2D eigenvalue weighted by molar-refractivity contribution is -0.123. The van der Waals surface area contributed by atoms with E-state index >= 15 is 0 Å². The molecule has 11 nitrogen and oxygen atoms in total. The summed E-state index contributed by atoms with van der Waals surface area (Å²) in [5.74, 6) is -0.471. The van der Waals surface area contributed by atoms with E-state index in [-0.39, 0.29) is 29.5 Å². The number of nitrogens with one attached hydrogen (secondary N) is 2. The van der Waals surface area contributed by atoms with Gasteiger partial charge in [0.1, 0.15) is 11.1 Å². The van der Waals surface area contributed by atoms with Crippen LogP contribution in [0.1, 0.15) is 34.1 Å². The third-order valence-corrected chi connectivity index (χ3v) is 5.79. The standard InChI is InChI=1S/C20H18N6O3.CH2O2/c1-25-11-12(10-21-25)17-20(13-4-2-3-5-14(13)22-19(20)29)8-9-26(17)18(28)15-6-7-16(27)24-23-15;2-1-3/h2-7,10-11,17H,8-9H2,1H3,(H,22,29)(H,24,27);1H,(H,2,3). The van der Waals surface area contributed by atoms with Crippen molar-refractivity contribution in [3.8, 4) is 0 Å². The molecular formula is C21H20N6O5. The predicted octanol–water partition coefficient (Wildman–Crippen LogP) is 0.681. The Balaban J connectivity index is 0.000000775. The maximum Gasteiger partial charge on any atom is 0.290 e. The second-order valence-corrected chi connectivity index (χ2v) is 7.48. The van der Waals surface area contributed by atoms with E-state index < -0.39 is 11.5 Å². The fraction of sp³-hybridized carbons (Fsp3) is 0.238. The molecule has 5 rings (SSSR count). The summed E-state index contributed by atoms with van der Waals surface area (Å²) in [5.41, 5.74) is 1.26. The van der Waals surface area contributed by atoms with Crippen molar-refractivity contribution in [2.75, 3.05) is 11.9 Å². The van der Waals surface area contributed by atoms with Crippen LogP contribution in [-0.4, -0.2) is 54.8 Å². The summed E-state index contributed by atoms with van der Waals surface area (Å²) in [6, 6.07) is 9.70. The smallest absolute Gasteiger partial charge is 0.290 e. The third kappa shape index (κ3) is 3.23. The molecular weight excluding hydrogens is 416 g/mol. The average molecular weight is 436 g/mol. The van der Waals surface area contributed by atoms with Crippen molar-refractivity contribution in [2.45, 2.75) is 17.9 Å². The van der Waals surface area contributed by atoms with Gasteiger partial charge in [0, 0.05) is 37.1 Å². The number of likely N-dealkylation sites (tertiary alicyclic amines) is 1. The number of aromatic nitrogens is 4. The highest BCUT2D eigenvalue weighted by molar-refractivity contribution is 6.08. The minimum absolute atomic E-state index is 0.127. The van der Waals surface area contributed by atoms with Gasteiger partial charge < -0.3 is 15.3 Å². The van der Waals surface area contributed by atoms with E-state index in [2.05, 4.69) is 20.6 Å². The number of hydrogen-bond acceptors (Lipinski definition) is 6. The predicted molar refractivity (Wildman–Crippen MR) is 112 cm³/mol. The molecule has 2 unspecified atom stereocenters. The van der Waals surface area contributed by atoms with Gasteiger partial charge in [-0.25, -0.2) is 5.10 Å². The quantitative estimate of drug-likeness (QED) is 0.500. The Hall–Kier alpha value is -4.28. The number of para-hydroxylation sites is 1. The van der Waals surface area contributed by atoms with Gasteiger partial charge >= 0.3 is 0 Å². The van der Waals surface area contributed by atoms with E-state index in [0.717, 1.165) is 16.8 Å². The summed E-state index contributed by atoms with van der Waals surface area (Å²) in [4.78, 5) is 47.9. The van der Waals surface area contributed by atoms with E-state index in [1.54, 1.807) is 22.8 Å². The number of carbonyl (C=O) groups excluding carboxylic acids is 2. The first-order valence-corrected chi connectivity index (χ1v) is 9.76. The summed E-state index contributed by atoms with van der Waals surface area (Å²) in [5, 5.41) is 20.3. The maximum atomic E-state index is 13.3. The van der Waals surface area contributed by atoms with Crippen LogP contribution in [0, 0.1) is 0 Å². The number of carbonyl (C=O) groups is 3. The van der Waals surface area contributed by atoms with Gasteiger partial charge in [-0.2, -0.15) is 10.2 Å². The van der Waals surface area contributed by atoms with Gasteiger partial charge in [0.05, 0.1) is 12.2 Å². The molecule has 1 aromatic carbocycles. The molecule has 11 heteroatoms. The van der Waals surface area contributed by atoms with E-state index in [4.69, 9.17) is 9.90 Å². The highest BCUT2D eigenvalue weighted by atomic mass is 16.3. The Morgan fingerprint density at radius 1 is 1.25 bits per heavy atom. The minimum Gasteiger partial charge on any atom is -0.483 e. The lowest BCUT2D eigenvalue weighted by Crippen LogP contribution is -2.42. The Morgan fingerprint density at radius 2 is 2.00 bits per heavy atom. The lowest BCUT2D eigenvalue weighted by Gasteiger charge is -2.33. The van der Waals surface area contributed by atoms with Crippen molar-refractivity contribution in [3.05, 3.63) is 76.0 Å². The second kappa shape index (κ2) is 8.10. The number of carboxylic acid groups (broad SMARTS) is 1. The number of fused-ring (bicyclic) bond motifs is 2. The van der Waals surface area contributed by atoms with Crippen LogP contribution in [0.15, 0.2) is 53.6 Å². The largest absolute Gasteiger partial charge is 0.483 e. The Morgan fingerprint density at radius 3 is 2.66 bits per heavy atom. The molecule has 32 heavy (non-hydrogen) atoms. The van der Waals surface area contributed by atoms with Crippen molar-refractivity contribution in [1.82, 2.24) is 24.9 Å². The topological polar surface area (TPSA) is 150 Å². The van der Waals surface area contributed by atoms with Crippen LogP contribution in [0.4, 0.5) is 5.69 Å². The molecule has 0 saturated carbocycles. The van der Waals surface area contributed by atoms with Gasteiger partial charge in [-0.15, -0.1) is 0 Å². The molecule has 2 atom stereocenters. The number of aromatic amines is 1. The van der Waals surface area contributed by atoms with Crippen LogP contribution in [0.2, 0.25) is 0 Å². The summed E-state index contributed by atoms with van der Waals surface area (Å²) < 4.78 is 1.65. The maximum absolute atomic E-state index is 13.3. The van der Waals surface area contributed by atoms with Gasteiger partial charge in [0.25, 0.3) is 17.9 Å². The number of anilines is 1. The van der Waals surface area contributed by atoms with Crippen molar-refractivity contribution in [1.29, 1.82) is 0 Å². The van der Waals surface area contributed by atoms with E-state index in [1.165, 1.54) is 12.1 Å². The van der Waals surface area contributed by atoms with Crippen molar-refractivity contribution in [2.24, 2.45) is 7.05 Å². The lowest BCUT2D eigenvalue weighted by atomic mass is 9.73. The number of benzene rings is 1. The fourth-order valence-corrected chi connectivity index (χ4v) is 4.56. The van der Waals surface area contributed by atoms with E-state index in [9.17, 15) is 14.4 Å². The van der Waals surface area contributed by atoms with Gasteiger partial charge in [-0.05, 0) is 24.1 Å². The number of amides is 2. The van der Waals surface area contributed by atoms with Crippen molar-refractivity contribution >= 4 is 24.0 Å². The Bertz CT molecular complexity index is 1230. The molecule has 0 aliphatic carbocycles. The molecule has 164 valence electrons. The molecule has 3 aromatic rings. The number of aryl methyl sites for hydroxylation is 1. The fourth-order valence-electron chi connectivity index (χ4n) is 4.56. The summed E-state index contributed by atoms with van der Waals surface area (Å²) >= 11 is 0. The Labute approximate surface area is 181 Å². The Kier molecular flexibility index (Phi) is 5.31. The zero-order valence-electron chi connectivity index (χ0n) is 17.1. The van der Waals surface area contributed by atoms with E-state index in [1.807, 2.05) is 30.5 Å². The van der Waals surface area contributed by atoms with Gasteiger partial charge in [0.15, 0.2) is 0 Å². The molecule has 0 bridgehead atoms. The van der Waals surface area contributed by atoms with E-state index in [0.29, 0.717) is 13.0 Å². The van der Waals surface area contributed by atoms with Crippen molar-refractivity contribution in [3.63, 3.8) is 0 Å². The zero-order valence-corrected chi connectivity index (χ0v) is 17.1. The zero-order chi connectivity index (χ0) is 22.9. The molecule has 0 radical (unpaired) electrons. The number of nitrogens with zero attached hydrogens (tertiary/aromatic N) is 4. The second-order valence-electron chi connectivity index (χ2n) is 7.48. The monoisotopic (exact) mass is 436 g/mol. The van der Waals surface area contributed by atoms with Crippen molar-refractivity contribution < 1.29 is 19.5 Å². The summed E-state index contributed by atoms with van der Waals surface area (Å²) in [7, 11) is 1.80. The highest BCUT2D eigenvalue weighted by Gasteiger charge is 2.59. The molecule has 2 aliphatic rings. The first-order chi connectivity index (χ1) is 15.4. The normalized spacial score (nSPS) is 21.0. The highest BCUT2D eigenvalue weighted by Crippen LogP contribution is 2.54. The van der Waals surface area contributed by atoms with Crippen LogP contribution in [-0.2, 0) is 22.1 Å². The molecule has 2 aromatic heterocycles. The van der Waals surface area contributed by atoms with Crippen LogP contribution in [0.3, 0.4) is 0 Å². The minimum atomic E-state index is -0.905. The van der Waals surface area contributed by atoms with Gasteiger partial charge in [0.2, 0.25) is 5.91 Å². The third-order valence-electron chi connectivity index (χ3n) is 5.79. The van der Waals surface area contributed by atoms with Crippen LogP contribution >= 0.6 is 0 Å².